The molecule has 2 amide bonds. The summed E-state index contributed by atoms with van der Waals surface area (Å²) in [6.45, 7) is 2.97. The van der Waals surface area contributed by atoms with Crippen molar-refractivity contribution in [2.24, 2.45) is 0 Å². The molecule has 0 radical (unpaired) electrons. The second kappa shape index (κ2) is 5.51. The highest BCUT2D eigenvalue weighted by molar-refractivity contribution is 6.00. The number of hydrogen-bond acceptors (Lipinski definition) is 5. The molecule has 132 valence electrons. The van der Waals surface area contributed by atoms with Gasteiger partial charge in [0.05, 0.1) is 11.7 Å². The van der Waals surface area contributed by atoms with Gasteiger partial charge in [0.25, 0.3) is 0 Å². The van der Waals surface area contributed by atoms with Gasteiger partial charge in [-0.1, -0.05) is 0 Å². The summed E-state index contributed by atoms with van der Waals surface area (Å²) in [4.78, 5) is 27.7. The van der Waals surface area contributed by atoms with Gasteiger partial charge in [-0.05, 0) is 36.1 Å². The summed E-state index contributed by atoms with van der Waals surface area (Å²) in [5, 5.41) is 5.85. The molecule has 2 bridgehead atoms. The predicted molar refractivity (Wildman–Crippen MR) is 89.4 cm³/mol. The quantitative estimate of drug-likeness (QED) is 0.765. The van der Waals surface area contributed by atoms with Crippen LogP contribution in [-0.2, 0) is 22.7 Å². The molecular weight excluding hydrogens is 323 g/mol. The minimum atomic E-state index is -0.302. The van der Waals surface area contributed by atoms with Gasteiger partial charge in [-0.3, -0.25) is 19.8 Å². The van der Waals surface area contributed by atoms with E-state index in [9.17, 15) is 14.0 Å². The molecular formula is C18H21FN4O2. The Hall–Kier alpha value is -1.99. The van der Waals surface area contributed by atoms with E-state index in [4.69, 9.17) is 0 Å². The molecule has 1 aromatic rings. The Morgan fingerprint density at radius 3 is 2.64 bits per heavy atom. The predicted octanol–water partition coefficient (Wildman–Crippen LogP) is 0.497. The van der Waals surface area contributed by atoms with Crippen LogP contribution in [0.1, 0.15) is 30.4 Å². The first-order valence-electron chi connectivity index (χ1n) is 8.97. The van der Waals surface area contributed by atoms with Crippen molar-refractivity contribution in [3.63, 3.8) is 0 Å². The Labute approximate surface area is 145 Å². The number of benzene rings is 1. The monoisotopic (exact) mass is 344 g/mol. The number of amides is 2. The summed E-state index contributed by atoms with van der Waals surface area (Å²) >= 11 is 0. The van der Waals surface area contributed by atoms with Crippen LogP contribution in [0.25, 0.3) is 0 Å². The molecule has 4 aliphatic heterocycles. The molecule has 5 rings (SSSR count). The average Bonchev–Trinajstić information content (AvgIpc) is 3.28. The van der Waals surface area contributed by atoms with E-state index < -0.39 is 0 Å². The number of hydrogen-bond donors (Lipinski definition) is 2. The smallest absolute Gasteiger partial charge is 0.243 e. The number of fused-ring (bicyclic) bond motifs is 3. The first-order valence-corrected chi connectivity index (χ1v) is 8.97. The lowest BCUT2D eigenvalue weighted by molar-refractivity contribution is -0.137. The Morgan fingerprint density at radius 2 is 1.96 bits per heavy atom. The van der Waals surface area contributed by atoms with Crippen LogP contribution in [0, 0.1) is 5.82 Å². The molecule has 3 atom stereocenters. The Bertz CT molecular complexity index is 768. The van der Waals surface area contributed by atoms with Gasteiger partial charge in [-0.15, -0.1) is 0 Å². The van der Waals surface area contributed by atoms with Gasteiger partial charge in [0, 0.05) is 44.7 Å². The number of nitrogens with zero attached hydrogens (tertiary/aromatic N) is 2. The molecule has 2 N–H and O–H groups in total. The Kier molecular flexibility index (Phi) is 3.36. The van der Waals surface area contributed by atoms with Crippen molar-refractivity contribution in [1.82, 2.24) is 15.5 Å². The largest absolute Gasteiger partial charge is 0.363 e. The van der Waals surface area contributed by atoms with E-state index in [-0.39, 0.29) is 23.7 Å². The maximum atomic E-state index is 14.7. The zero-order valence-electron chi connectivity index (χ0n) is 13.9. The lowest BCUT2D eigenvalue weighted by Crippen LogP contribution is -2.50. The van der Waals surface area contributed by atoms with Crippen LogP contribution in [0.2, 0.25) is 0 Å². The van der Waals surface area contributed by atoms with Crippen LogP contribution in [0.5, 0.6) is 0 Å². The summed E-state index contributed by atoms with van der Waals surface area (Å²) in [7, 11) is 0. The Balaban J connectivity index is 1.38. The summed E-state index contributed by atoms with van der Waals surface area (Å²) in [6.07, 6.45) is 1.99. The van der Waals surface area contributed by atoms with Gasteiger partial charge < -0.3 is 10.2 Å². The second-order valence-electron chi connectivity index (χ2n) is 7.59. The minimum Gasteiger partial charge on any atom is -0.363 e. The lowest BCUT2D eigenvalue weighted by Gasteiger charge is -2.30. The molecule has 3 fully saturated rings. The van der Waals surface area contributed by atoms with Crippen molar-refractivity contribution in [2.45, 2.75) is 50.5 Å². The third-order valence-corrected chi connectivity index (χ3v) is 6.03. The second-order valence-corrected chi connectivity index (χ2v) is 7.59. The van der Waals surface area contributed by atoms with Crippen LogP contribution in [0.3, 0.4) is 0 Å². The first-order chi connectivity index (χ1) is 12.1. The number of anilines is 1. The van der Waals surface area contributed by atoms with E-state index >= 15 is 0 Å². The van der Waals surface area contributed by atoms with Crippen LogP contribution >= 0.6 is 0 Å². The zero-order chi connectivity index (χ0) is 17.1. The van der Waals surface area contributed by atoms with Gasteiger partial charge in [0.2, 0.25) is 11.8 Å². The summed E-state index contributed by atoms with van der Waals surface area (Å²) < 4.78 is 14.7. The van der Waals surface area contributed by atoms with E-state index in [0.717, 1.165) is 30.6 Å². The molecule has 0 saturated carbocycles. The SMILES string of the molecule is O=C1CCC(N2Cc3cc(F)c(N4CC5CC4CN5)cc3C2)C(=O)N1. The van der Waals surface area contributed by atoms with E-state index in [1.165, 1.54) is 0 Å². The number of piperidine rings is 1. The maximum Gasteiger partial charge on any atom is 0.243 e. The topological polar surface area (TPSA) is 64.7 Å². The van der Waals surface area contributed by atoms with Crippen molar-refractivity contribution in [3.8, 4) is 0 Å². The maximum absolute atomic E-state index is 14.7. The number of imide groups is 1. The molecule has 1 aromatic carbocycles. The summed E-state index contributed by atoms with van der Waals surface area (Å²) in [5.41, 5.74) is 2.74. The van der Waals surface area contributed by atoms with Gasteiger partial charge in [-0.25, -0.2) is 4.39 Å². The van der Waals surface area contributed by atoms with Crippen molar-refractivity contribution < 1.29 is 14.0 Å². The molecule has 0 spiro atoms. The highest BCUT2D eigenvalue weighted by atomic mass is 19.1. The van der Waals surface area contributed by atoms with Crippen LogP contribution < -0.4 is 15.5 Å². The third-order valence-electron chi connectivity index (χ3n) is 6.03. The lowest BCUT2D eigenvalue weighted by atomic mass is 10.0. The number of carbonyl (C=O) groups is 2. The molecule has 3 unspecified atom stereocenters. The molecule has 25 heavy (non-hydrogen) atoms. The molecule has 7 heteroatoms. The fraction of sp³-hybridized carbons (Fsp3) is 0.556. The van der Waals surface area contributed by atoms with E-state index in [2.05, 4.69) is 15.5 Å². The number of nitrogens with one attached hydrogen (secondary N) is 2. The molecule has 4 heterocycles. The number of halogens is 1. The average molecular weight is 344 g/mol. The highest BCUT2D eigenvalue weighted by Crippen LogP contribution is 2.36. The molecule has 3 saturated heterocycles. The Morgan fingerprint density at radius 1 is 1.16 bits per heavy atom. The molecule has 0 aliphatic carbocycles. The third kappa shape index (κ3) is 2.45. The summed E-state index contributed by atoms with van der Waals surface area (Å²) in [5.74, 6) is -0.604. The van der Waals surface area contributed by atoms with Gasteiger partial charge in [0.15, 0.2) is 0 Å². The molecule has 0 aromatic heterocycles. The fourth-order valence-corrected chi connectivity index (χ4v) is 4.76. The molecule has 4 aliphatic rings. The van der Waals surface area contributed by atoms with Crippen molar-refractivity contribution in [1.29, 1.82) is 0 Å². The number of rotatable bonds is 2. The first kappa shape index (κ1) is 15.3. The van der Waals surface area contributed by atoms with Crippen LogP contribution in [0.4, 0.5) is 10.1 Å². The molecule has 6 nitrogen and oxygen atoms in total. The highest BCUT2D eigenvalue weighted by Gasteiger charge is 2.40. The van der Waals surface area contributed by atoms with Crippen molar-refractivity contribution in [2.75, 3.05) is 18.0 Å². The zero-order valence-corrected chi connectivity index (χ0v) is 13.9. The van der Waals surface area contributed by atoms with Gasteiger partial charge in [0.1, 0.15) is 5.82 Å². The summed E-state index contributed by atoms with van der Waals surface area (Å²) in [6, 6.07) is 4.15. The normalized spacial score (nSPS) is 31.6. The number of piperazine rings is 1. The van der Waals surface area contributed by atoms with Gasteiger partial charge >= 0.3 is 0 Å². The van der Waals surface area contributed by atoms with Crippen LogP contribution in [0.15, 0.2) is 12.1 Å². The van der Waals surface area contributed by atoms with Crippen molar-refractivity contribution >= 4 is 17.5 Å². The van der Waals surface area contributed by atoms with E-state index in [0.29, 0.717) is 43.7 Å². The van der Waals surface area contributed by atoms with Crippen molar-refractivity contribution in [3.05, 3.63) is 29.1 Å². The van der Waals surface area contributed by atoms with Crippen LogP contribution in [-0.4, -0.2) is 47.9 Å². The van der Waals surface area contributed by atoms with E-state index in [1.54, 1.807) is 6.07 Å². The number of carbonyl (C=O) groups excluding carboxylic acids is 2. The fourth-order valence-electron chi connectivity index (χ4n) is 4.76. The minimum absolute atomic E-state index is 0.170. The van der Waals surface area contributed by atoms with E-state index in [1.807, 2.05) is 11.0 Å². The standard InChI is InChI=1S/C18H21FN4O2/c19-14-3-10-7-22(15-1-2-17(24)21-18(15)25)8-11(10)4-16(14)23-9-12-5-13(23)6-20-12/h3-4,12-13,15,20H,1-2,5-9H2,(H,21,24,25). The van der Waals surface area contributed by atoms with Gasteiger partial charge in [-0.2, -0.15) is 0 Å².